The van der Waals surface area contributed by atoms with Gasteiger partial charge >= 0.3 is 0 Å². The molecule has 4 N–H and O–H groups in total. The average Bonchev–Trinajstić information content (AvgIpc) is 2.81. The fraction of sp³-hybridized carbons (Fsp3) is 0.909. The van der Waals surface area contributed by atoms with E-state index in [0.717, 1.165) is 36.3 Å². The normalized spacial score (nSPS) is 26.6. The van der Waals surface area contributed by atoms with E-state index in [9.17, 15) is 9.59 Å². The van der Waals surface area contributed by atoms with Crippen LogP contribution in [0.25, 0.3) is 0 Å². The first-order chi connectivity index (χ1) is 15.1. The minimum absolute atomic E-state index is 0.214. The van der Waals surface area contributed by atoms with Crippen LogP contribution in [0.3, 0.4) is 0 Å². The smallest absolute Gasteiger partial charge is 0.251 e. The molecule has 0 spiro atoms. The van der Waals surface area contributed by atoms with Gasteiger partial charge in [0.25, 0.3) is 5.91 Å². The SMILES string of the molecule is CC[Si](CC)(CC)O[C@H]1[C@H](NC(C)=O)[C@H](C(=O)NC)O[C@H](CN)[C@H]1O[Si](CC)(CC)CC. The van der Waals surface area contributed by atoms with E-state index in [1.807, 2.05) is 0 Å². The summed E-state index contributed by atoms with van der Waals surface area (Å²) in [5, 5.41) is 5.65. The third-order valence-corrected chi connectivity index (χ3v) is 16.7. The van der Waals surface area contributed by atoms with E-state index in [4.69, 9.17) is 19.3 Å². The van der Waals surface area contributed by atoms with E-state index in [0.29, 0.717) is 0 Å². The number of carbonyl (C=O) groups is 2. The molecular weight excluding hydrogens is 442 g/mol. The molecule has 0 aromatic rings. The Morgan fingerprint density at radius 3 is 1.66 bits per heavy atom. The summed E-state index contributed by atoms with van der Waals surface area (Å²) in [4.78, 5) is 25.0. The van der Waals surface area contributed by atoms with Crippen LogP contribution in [-0.2, 0) is 23.2 Å². The molecule has 1 heterocycles. The number of hydrogen-bond donors (Lipinski definition) is 3. The van der Waals surface area contributed by atoms with Gasteiger partial charge in [0, 0.05) is 20.5 Å². The maximum Gasteiger partial charge on any atom is 0.251 e. The lowest BCUT2D eigenvalue weighted by Gasteiger charge is -2.51. The second kappa shape index (κ2) is 13.2. The highest BCUT2D eigenvalue weighted by Crippen LogP contribution is 2.35. The van der Waals surface area contributed by atoms with Crippen molar-refractivity contribution in [3.05, 3.63) is 0 Å². The lowest BCUT2D eigenvalue weighted by molar-refractivity contribution is -0.181. The standard InChI is InChI=1S/C22H47N3O5Si2/c1-9-31(10-2,11-3)29-19-17(15-23)28-21(22(27)24-8)18(25-16(7)26)20(19)30-32(12-4,13-5)14-6/h17-21H,9-15,23H2,1-8H3,(H,24,27)(H,25,26)/t17-,18+,19-,20+,21-/m1/s1. The molecule has 32 heavy (non-hydrogen) atoms. The van der Waals surface area contributed by atoms with E-state index < -0.39 is 47.1 Å². The fourth-order valence-electron chi connectivity index (χ4n) is 4.75. The van der Waals surface area contributed by atoms with Crippen molar-refractivity contribution >= 4 is 28.4 Å². The number of likely N-dealkylation sites (N-methyl/N-ethyl adjacent to an activating group) is 1. The van der Waals surface area contributed by atoms with Crippen LogP contribution in [0, 0.1) is 0 Å². The zero-order valence-corrected chi connectivity index (χ0v) is 23.5. The van der Waals surface area contributed by atoms with Crippen molar-refractivity contribution in [1.82, 2.24) is 10.6 Å². The molecule has 0 radical (unpaired) electrons. The molecule has 1 saturated heterocycles. The van der Waals surface area contributed by atoms with Crippen LogP contribution >= 0.6 is 0 Å². The van der Waals surface area contributed by atoms with Crippen LogP contribution in [0.15, 0.2) is 0 Å². The Morgan fingerprint density at radius 1 is 0.875 bits per heavy atom. The first-order valence-electron chi connectivity index (χ1n) is 12.4. The maximum absolute atomic E-state index is 12.8. The predicted octanol–water partition coefficient (Wildman–Crippen LogP) is 2.74. The molecule has 0 unspecified atom stereocenters. The van der Waals surface area contributed by atoms with E-state index in [1.165, 1.54) is 6.92 Å². The van der Waals surface area contributed by atoms with Gasteiger partial charge in [0.15, 0.2) is 22.7 Å². The molecule has 5 atom stereocenters. The molecule has 188 valence electrons. The molecule has 0 bridgehead atoms. The Labute approximate surface area is 197 Å². The van der Waals surface area contributed by atoms with E-state index in [1.54, 1.807) is 7.05 Å². The van der Waals surface area contributed by atoms with Gasteiger partial charge in [0.05, 0.1) is 24.4 Å². The highest BCUT2D eigenvalue weighted by molar-refractivity contribution is 6.74. The lowest BCUT2D eigenvalue weighted by Crippen LogP contribution is -2.71. The zero-order chi connectivity index (χ0) is 24.5. The van der Waals surface area contributed by atoms with Crippen molar-refractivity contribution < 1.29 is 23.2 Å². The van der Waals surface area contributed by atoms with Crippen LogP contribution in [-0.4, -0.2) is 72.5 Å². The number of nitrogens with one attached hydrogen (secondary N) is 2. The summed E-state index contributed by atoms with van der Waals surface area (Å²) in [5.41, 5.74) is 6.16. The van der Waals surface area contributed by atoms with Crippen molar-refractivity contribution in [3.63, 3.8) is 0 Å². The molecule has 2 amide bonds. The largest absolute Gasteiger partial charge is 0.409 e. The molecular formula is C22H47N3O5Si2. The molecule has 1 aliphatic rings. The molecule has 1 fully saturated rings. The van der Waals surface area contributed by atoms with Gasteiger partial charge in [-0.1, -0.05) is 41.5 Å². The second-order valence-electron chi connectivity index (χ2n) is 8.82. The molecule has 0 aromatic heterocycles. The van der Waals surface area contributed by atoms with E-state index >= 15 is 0 Å². The van der Waals surface area contributed by atoms with Gasteiger partial charge in [-0.25, -0.2) is 0 Å². The monoisotopic (exact) mass is 489 g/mol. The summed E-state index contributed by atoms with van der Waals surface area (Å²) in [6.07, 6.45) is -2.30. The minimum atomic E-state index is -2.11. The van der Waals surface area contributed by atoms with Crippen LogP contribution in [0.5, 0.6) is 0 Å². The molecule has 1 rings (SSSR count). The quantitative estimate of drug-likeness (QED) is 0.343. The van der Waals surface area contributed by atoms with Gasteiger partial charge in [0.1, 0.15) is 0 Å². The maximum atomic E-state index is 12.8. The van der Waals surface area contributed by atoms with E-state index in [2.05, 4.69) is 52.2 Å². The van der Waals surface area contributed by atoms with Crippen LogP contribution in [0.4, 0.5) is 0 Å². The number of nitrogens with two attached hydrogens (primary N) is 1. The molecule has 8 nitrogen and oxygen atoms in total. The number of carbonyl (C=O) groups excluding carboxylic acids is 2. The van der Waals surface area contributed by atoms with E-state index in [-0.39, 0.29) is 18.4 Å². The third kappa shape index (κ3) is 6.63. The Hall–Kier alpha value is -0.786. The highest BCUT2D eigenvalue weighted by Gasteiger charge is 2.53. The van der Waals surface area contributed by atoms with Gasteiger partial charge in [-0.2, -0.15) is 0 Å². The summed E-state index contributed by atoms with van der Waals surface area (Å²) < 4.78 is 20.2. The van der Waals surface area contributed by atoms with Crippen LogP contribution < -0.4 is 16.4 Å². The van der Waals surface area contributed by atoms with Gasteiger partial charge in [0.2, 0.25) is 5.91 Å². The van der Waals surface area contributed by atoms with Crippen molar-refractivity contribution in [2.75, 3.05) is 13.6 Å². The number of hydrogen-bond acceptors (Lipinski definition) is 6. The summed E-state index contributed by atoms with van der Waals surface area (Å²) in [6, 6.07) is 5.13. The Kier molecular flexibility index (Phi) is 12.1. The lowest BCUT2D eigenvalue weighted by atomic mass is 9.92. The summed E-state index contributed by atoms with van der Waals surface area (Å²) in [7, 11) is -2.59. The van der Waals surface area contributed by atoms with Gasteiger partial charge < -0.3 is 30.0 Å². The first kappa shape index (κ1) is 29.2. The van der Waals surface area contributed by atoms with Crippen molar-refractivity contribution in [3.8, 4) is 0 Å². The molecule has 0 aromatic carbocycles. The summed E-state index contributed by atoms with van der Waals surface area (Å²) in [6.45, 7) is 14.7. The molecule has 10 heteroatoms. The summed E-state index contributed by atoms with van der Waals surface area (Å²) in [5.74, 6) is -0.524. The minimum Gasteiger partial charge on any atom is -0.409 e. The summed E-state index contributed by atoms with van der Waals surface area (Å²) >= 11 is 0. The Morgan fingerprint density at radius 2 is 1.31 bits per heavy atom. The average molecular weight is 490 g/mol. The first-order valence-corrected chi connectivity index (χ1v) is 17.4. The Bertz CT molecular complexity index is 586. The zero-order valence-electron chi connectivity index (χ0n) is 21.5. The van der Waals surface area contributed by atoms with Crippen molar-refractivity contribution in [2.24, 2.45) is 5.73 Å². The topological polar surface area (TPSA) is 112 Å². The predicted molar refractivity (Wildman–Crippen MR) is 134 cm³/mol. The highest BCUT2D eigenvalue weighted by atomic mass is 28.4. The molecule has 0 saturated carbocycles. The van der Waals surface area contributed by atoms with Gasteiger partial charge in [-0.3, -0.25) is 9.59 Å². The van der Waals surface area contributed by atoms with Gasteiger partial charge in [-0.15, -0.1) is 0 Å². The van der Waals surface area contributed by atoms with Crippen LogP contribution in [0.1, 0.15) is 48.5 Å². The number of rotatable bonds is 13. The third-order valence-electron chi connectivity index (χ3n) is 7.44. The second-order valence-corrected chi connectivity index (χ2v) is 18.3. The molecule has 1 aliphatic heterocycles. The van der Waals surface area contributed by atoms with Crippen molar-refractivity contribution in [2.45, 2.75) is 115 Å². The van der Waals surface area contributed by atoms with Crippen LogP contribution in [0.2, 0.25) is 36.3 Å². The van der Waals surface area contributed by atoms with Crippen molar-refractivity contribution in [1.29, 1.82) is 0 Å². The number of ether oxygens (including phenoxy) is 1. The fourth-order valence-corrected chi connectivity index (χ4v) is 10.5. The van der Waals surface area contributed by atoms with Gasteiger partial charge in [-0.05, 0) is 36.3 Å². The number of amides is 2. The molecule has 0 aliphatic carbocycles. The Balaban J connectivity index is 3.61.